The number of rotatable bonds is 5. The second kappa shape index (κ2) is 4.93. The summed E-state index contributed by atoms with van der Waals surface area (Å²) in [6, 6.07) is -0.281. The van der Waals surface area contributed by atoms with Gasteiger partial charge in [-0.05, 0) is 19.3 Å². The highest BCUT2D eigenvalue weighted by molar-refractivity contribution is 4.95. The average Bonchev–Trinajstić information content (AvgIpc) is 2.63. The SMILES string of the molecule is CC(C)c1nc(C(N)COC2CCC2)no1. The number of aromatic nitrogens is 2. The Bertz CT molecular complexity index is 334. The van der Waals surface area contributed by atoms with Gasteiger partial charge in [-0.15, -0.1) is 0 Å². The summed E-state index contributed by atoms with van der Waals surface area (Å²) in [6.07, 6.45) is 3.95. The molecule has 0 radical (unpaired) electrons. The molecule has 5 heteroatoms. The van der Waals surface area contributed by atoms with Crippen molar-refractivity contribution in [2.75, 3.05) is 6.61 Å². The summed E-state index contributed by atoms with van der Waals surface area (Å²) in [5.74, 6) is 1.41. The van der Waals surface area contributed by atoms with Gasteiger partial charge in [-0.1, -0.05) is 19.0 Å². The van der Waals surface area contributed by atoms with Gasteiger partial charge in [0, 0.05) is 5.92 Å². The van der Waals surface area contributed by atoms with Crippen LogP contribution < -0.4 is 5.73 Å². The first-order valence-corrected chi connectivity index (χ1v) is 5.87. The van der Waals surface area contributed by atoms with E-state index in [2.05, 4.69) is 10.1 Å². The predicted octanol–water partition coefficient (Wildman–Crippen LogP) is 1.76. The average molecular weight is 225 g/mol. The van der Waals surface area contributed by atoms with Gasteiger partial charge in [-0.25, -0.2) is 0 Å². The van der Waals surface area contributed by atoms with Gasteiger partial charge in [0.1, 0.15) is 0 Å². The molecule has 1 heterocycles. The van der Waals surface area contributed by atoms with E-state index in [1.165, 1.54) is 6.42 Å². The summed E-state index contributed by atoms with van der Waals surface area (Å²) < 4.78 is 10.7. The third kappa shape index (κ3) is 2.59. The standard InChI is InChI=1S/C11H19N3O2/c1-7(2)11-13-10(14-16-11)9(12)6-15-8-4-3-5-8/h7-9H,3-6,12H2,1-2H3. The Morgan fingerprint density at radius 2 is 2.25 bits per heavy atom. The summed E-state index contributed by atoms with van der Waals surface area (Å²) in [5, 5.41) is 3.87. The minimum Gasteiger partial charge on any atom is -0.376 e. The third-order valence-corrected chi connectivity index (χ3v) is 2.85. The van der Waals surface area contributed by atoms with Crippen molar-refractivity contribution in [1.29, 1.82) is 0 Å². The van der Waals surface area contributed by atoms with Crippen LogP contribution in [0.1, 0.15) is 56.8 Å². The molecule has 1 saturated carbocycles. The molecule has 1 unspecified atom stereocenters. The highest BCUT2D eigenvalue weighted by Crippen LogP contribution is 2.23. The van der Waals surface area contributed by atoms with Gasteiger partial charge in [0.05, 0.1) is 18.8 Å². The Morgan fingerprint density at radius 3 is 2.75 bits per heavy atom. The van der Waals surface area contributed by atoms with E-state index in [9.17, 15) is 0 Å². The molecule has 0 aliphatic heterocycles. The monoisotopic (exact) mass is 225 g/mol. The summed E-state index contributed by atoms with van der Waals surface area (Å²) in [5.41, 5.74) is 5.93. The van der Waals surface area contributed by atoms with Crippen molar-refractivity contribution in [2.24, 2.45) is 5.73 Å². The molecular weight excluding hydrogens is 206 g/mol. The van der Waals surface area contributed by atoms with E-state index in [1.807, 2.05) is 13.8 Å². The highest BCUT2D eigenvalue weighted by atomic mass is 16.5. The summed E-state index contributed by atoms with van der Waals surface area (Å²) in [4.78, 5) is 4.25. The van der Waals surface area contributed by atoms with E-state index < -0.39 is 0 Å². The van der Waals surface area contributed by atoms with Crippen molar-refractivity contribution in [3.63, 3.8) is 0 Å². The lowest BCUT2D eigenvalue weighted by Crippen LogP contribution is -2.27. The van der Waals surface area contributed by atoms with Crippen LogP contribution in [0.2, 0.25) is 0 Å². The van der Waals surface area contributed by atoms with Gasteiger partial charge >= 0.3 is 0 Å². The molecule has 90 valence electrons. The largest absolute Gasteiger partial charge is 0.376 e. The molecule has 0 saturated heterocycles. The molecule has 5 nitrogen and oxygen atoms in total. The molecule has 1 aliphatic rings. The first-order chi connectivity index (χ1) is 7.66. The van der Waals surface area contributed by atoms with Crippen molar-refractivity contribution in [2.45, 2.75) is 51.2 Å². The first kappa shape index (κ1) is 11.5. The van der Waals surface area contributed by atoms with Gasteiger partial charge in [0.15, 0.2) is 5.82 Å². The number of hydrogen-bond donors (Lipinski definition) is 1. The van der Waals surface area contributed by atoms with Crippen LogP contribution in [0.25, 0.3) is 0 Å². The fraction of sp³-hybridized carbons (Fsp3) is 0.818. The molecular formula is C11H19N3O2. The summed E-state index contributed by atoms with van der Waals surface area (Å²) in [6.45, 7) is 4.49. The van der Waals surface area contributed by atoms with Gasteiger partial charge in [0.25, 0.3) is 0 Å². The van der Waals surface area contributed by atoms with Crippen molar-refractivity contribution < 1.29 is 9.26 Å². The molecule has 0 aromatic carbocycles. The lowest BCUT2D eigenvalue weighted by molar-refractivity contribution is -0.00549. The zero-order valence-electron chi connectivity index (χ0n) is 9.85. The minimum absolute atomic E-state index is 0.237. The van der Waals surface area contributed by atoms with Crippen LogP contribution >= 0.6 is 0 Å². The Labute approximate surface area is 95.3 Å². The van der Waals surface area contributed by atoms with Crippen LogP contribution in [0.3, 0.4) is 0 Å². The molecule has 0 spiro atoms. The Kier molecular flexibility index (Phi) is 3.56. The maximum atomic E-state index is 5.93. The van der Waals surface area contributed by atoms with E-state index in [0.717, 1.165) is 12.8 Å². The molecule has 1 aromatic heterocycles. The maximum Gasteiger partial charge on any atom is 0.229 e. The number of nitrogens with zero attached hydrogens (tertiary/aromatic N) is 2. The van der Waals surface area contributed by atoms with Crippen LogP contribution in [0, 0.1) is 0 Å². The van der Waals surface area contributed by atoms with E-state index in [-0.39, 0.29) is 12.0 Å². The van der Waals surface area contributed by atoms with Crippen LogP contribution in [0.4, 0.5) is 0 Å². The van der Waals surface area contributed by atoms with E-state index in [4.69, 9.17) is 15.0 Å². The molecule has 1 aliphatic carbocycles. The number of nitrogens with two attached hydrogens (primary N) is 1. The predicted molar refractivity (Wildman–Crippen MR) is 58.9 cm³/mol. The Morgan fingerprint density at radius 1 is 1.50 bits per heavy atom. The fourth-order valence-electron chi connectivity index (χ4n) is 1.48. The molecule has 1 atom stereocenters. The Balaban J connectivity index is 1.84. The van der Waals surface area contributed by atoms with E-state index in [0.29, 0.717) is 24.4 Å². The van der Waals surface area contributed by atoms with Gasteiger partial charge in [0.2, 0.25) is 5.89 Å². The molecule has 1 aromatic rings. The summed E-state index contributed by atoms with van der Waals surface area (Å²) >= 11 is 0. The van der Waals surface area contributed by atoms with Crippen LogP contribution in [-0.2, 0) is 4.74 Å². The normalized spacial score (nSPS) is 18.8. The quantitative estimate of drug-likeness (QED) is 0.826. The lowest BCUT2D eigenvalue weighted by Gasteiger charge is -2.26. The van der Waals surface area contributed by atoms with Crippen molar-refractivity contribution in [1.82, 2.24) is 10.1 Å². The van der Waals surface area contributed by atoms with Gasteiger partial charge in [-0.3, -0.25) is 0 Å². The number of hydrogen-bond acceptors (Lipinski definition) is 5. The molecule has 2 rings (SSSR count). The highest BCUT2D eigenvalue weighted by Gasteiger charge is 2.21. The molecule has 0 amide bonds. The van der Waals surface area contributed by atoms with Crippen molar-refractivity contribution >= 4 is 0 Å². The molecule has 0 bridgehead atoms. The summed E-state index contributed by atoms with van der Waals surface area (Å²) in [7, 11) is 0. The molecule has 2 N–H and O–H groups in total. The van der Waals surface area contributed by atoms with Crippen LogP contribution in [0.15, 0.2) is 4.52 Å². The van der Waals surface area contributed by atoms with Gasteiger partial charge < -0.3 is 15.0 Å². The van der Waals surface area contributed by atoms with Crippen molar-refractivity contribution in [3.8, 4) is 0 Å². The second-order valence-corrected chi connectivity index (χ2v) is 4.64. The van der Waals surface area contributed by atoms with Crippen LogP contribution in [-0.4, -0.2) is 22.9 Å². The van der Waals surface area contributed by atoms with Crippen molar-refractivity contribution in [3.05, 3.63) is 11.7 Å². The van der Waals surface area contributed by atoms with Crippen LogP contribution in [0.5, 0.6) is 0 Å². The zero-order chi connectivity index (χ0) is 11.5. The minimum atomic E-state index is -0.281. The zero-order valence-corrected chi connectivity index (χ0v) is 9.85. The molecule has 16 heavy (non-hydrogen) atoms. The van der Waals surface area contributed by atoms with E-state index >= 15 is 0 Å². The number of ether oxygens (including phenoxy) is 1. The van der Waals surface area contributed by atoms with E-state index in [1.54, 1.807) is 0 Å². The first-order valence-electron chi connectivity index (χ1n) is 5.87. The lowest BCUT2D eigenvalue weighted by atomic mass is 9.96. The maximum absolute atomic E-state index is 5.93. The molecule has 1 fully saturated rings. The van der Waals surface area contributed by atoms with Gasteiger partial charge in [-0.2, -0.15) is 4.98 Å². The second-order valence-electron chi connectivity index (χ2n) is 4.64. The Hall–Kier alpha value is -0.940. The third-order valence-electron chi connectivity index (χ3n) is 2.85. The fourth-order valence-corrected chi connectivity index (χ4v) is 1.48. The smallest absolute Gasteiger partial charge is 0.229 e. The topological polar surface area (TPSA) is 74.2 Å².